The van der Waals surface area contributed by atoms with Crippen LogP contribution in [-0.4, -0.2) is 5.71 Å². The molecule has 0 radical (unpaired) electrons. The first-order valence-electron chi connectivity index (χ1n) is 11.9. The quantitative estimate of drug-likeness (QED) is 0.344. The van der Waals surface area contributed by atoms with Crippen LogP contribution in [0.15, 0.2) is 108 Å². The molecule has 1 atom stereocenters. The fraction of sp³-hybridized carbons (Fsp3) is 0.194. The van der Waals surface area contributed by atoms with E-state index in [1.165, 1.54) is 27.5 Å². The zero-order valence-electron chi connectivity index (χ0n) is 20.3. The predicted octanol–water partition coefficient (Wildman–Crippen LogP) is 8.33. The van der Waals surface area contributed by atoms with E-state index in [0.717, 1.165) is 17.0 Å². The highest BCUT2D eigenvalue weighted by Crippen LogP contribution is 2.31. The van der Waals surface area contributed by atoms with Crippen molar-refractivity contribution >= 4 is 22.2 Å². The minimum absolute atomic E-state index is 0.120. The maximum Gasteiger partial charge on any atom is 0.145 e. The Bertz CT molecular complexity index is 1230. The predicted molar refractivity (Wildman–Crippen MR) is 145 cm³/mol. The van der Waals surface area contributed by atoms with Gasteiger partial charge in [-0.05, 0) is 40.5 Å². The Morgan fingerprint density at radius 3 is 2.06 bits per heavy atom. The fourth-order valence-electron chi connectivity index (χ4n) is 3.96. The lowest BCUT2D eigenvalue weighted by molar-refractivity contribution is 0.660. The minimum Gasteiger partial charge on any atom is -0.359 e. The normalized spacial score (nSPS) is 14.5. The summed E-state index contributed by atoms with van der Waals surface area (Å²) in [5.41, 5.74) is 6.87. The lowest BCUT2D eigenvalue weighted by Crippen LogP contribution is -2.25. The van der Waals surface area contributed by atoms with E-state index in [4.69, 9.17) is 4.99 Å². The van der Waals surface area contributed by atoms with Gasteiger partial charge in [0.25, 0.3) is 0 Å². The van der Waals surface area contributed by atoms with Gasteiger partial charge in [-0.15, -0.1) is 0 Å². The molecule has 0 aliphatic carbocycles. The largest absolute Gasteiger partial charge is 0.359 e. The zero-order chi connectivity index (χ0) is 23.6. The third-order valence-corrected chi connectivity index (χ3v) is 5.47. The summed E-state index contributed by atoms with van der Waals surface area (Å²) in [5.74, 6) is 0. The molecule has 0 fully saturated rings. The van der Waals surface area contributed by atoms with Gasteiger partial charge in [-0.1, -0.05) is 125 Å². The Labute approximate surface area is 198 Å². The lowest BCUT2D eigenvalue weighted by atomic mass is 9.97. The van der Waals surface area contributed by atoms with E-state index in [-0.39, 0.29) is 6.17 Å². The van der Waals surface area contributed by atoms with Crippen molar-refractivity contribution < 1.29 is 0 Å². The summed E-state index contributed by atoms with van der Waals surface area (Å²) in [7, 11) is 0. The van der Waals surface area contributed by atoms with Crippen molar-refractivity contribution in [3.8, 4) is 0 Å². The van der Waals surface area contributed by atoms with Gasteiger partial charge in [-0.25, -0.2) is 0 Å². The van der Waals surface area contributed by atoms with Crippen LogP contribution in [0, 0.1) is 6.92 Å². The van der Waals surface area contributed by atoms with Crippen LogP contribution in [0.5, 0.6) is 0 Å². The Balaban J connectivity index is 0.000000728. The van der Waals surface area contributed by atoms with Crippen molar-refractivity contribution in [3.05, 3.63) is 125 Å². The van der Waals surface area contributed by atoms with Gasteiger partial charge in [0.1, 0.15) is 6.17 Å². The Morgan fingerprint density at radius 2 is 1.30 bits per heavy atom. The van der Waals surface area contributed by atoms with E-state index in [0.29, 0.717) is 0 Å². The number of aryl methyl sites for hydroxylation is 1. The van der Waals surface area contributed by atoms with E-state index in [1.807, 2.05) is 33.8 Å². The molecule has 0 spiro atoms. The van der Waals surface area contributed by atoms with Gasteiger partial charge in [-0.3, -0.25) is 4.99 Å². The summed E-state index contributed by atoms with van der Waals surface area (Å²) >= 11 is 0. The molecule has 1 aliphatic rings. The number of fused-ring (bicyclic) bond motifs is 1. The van der Waals surface area contributed by atoms with Crippen LogP contribution in [0.4, 0.5) is 0 Å². The molecule has 1 unspecified atom stereocenters. The zero-order valence-corrected chi connectivity index (χ0v) is 20.3. The molecular weight excluding hydrogens is 400 g/mol. The smallest absolute Gasteiger partial charge is 0.145 e. The minimum atomic E-state index is -0.120. The average molecular weight is 435 g/mol. The van der Waals surface area contributed by atoms with Crippen molar-refractivity contribution in [3.63, 3.8) is 0 Å². The number of nitrogens with one attached hydrogen (secondary N) is 1. The molecule has 0 saturated heterocycles. The fourth-order valence-corrected chi connectivity index (χ4v) is 3.96. The summed E-state index contributed by atoms with van der Waals surface area (Å²) in [4.78, 5) is 5.07. The average Bonchev–Trinajstić information content (AvgIpc) is 2.91. The van der Waals surface area contributed by atoms with E-state index in [1.54, 1.807) is 0 Å². The molecular formula is C31H34N2. The SMILES string of the molecule is CC.CC.Cc1ccccc1C1N=C(c2ccccc2)C=C(c2cccc3ccccc23)N1. The van der Waals surface area contributed by atoms with Crippen LogP contribution in [0.25, 0.3) is 16.5 Å². The monoisotopic (exact) mass is 434 g/mol. The Hall–Kier alpha value is -3.65. The second kappa shape index (κ2) is 11.8. The molecule has 1 aliphatic heterocycles. The second-order valence-corrected chi connectivity index (χ2v) is 7.37. The molecule has 4 aromatic rings. The molecule has 168 valence electrons. The van der Waals surface area contributed by atoms with Crippen molar-refractivity contribution in [1.29, 1.82) is 0 Å². The number of hydrogen-bond donors (Lipinski definition) is 1. The molecule has 4 aromatic carbocycles. The maximum atomic E-state index is 5.07. The molecule has 1 N–H and O–H groups in total. The number of aliphatic imine (C=N–C) groups is 1. The Kier molecular flexibility index (Phi) is 8.60. The van der Waals surface area contributed by atoms with Crippen molar-refractivity contribution in [2.75, 3.05) is 0 Å². The number of rotatable bonds is 3. The van der Waals surface area contributed by atoms with Crippen LogP contribution in [0.3, 0.4) is 0 Å². The van der Waals surface area contributed by atoms with Crippen molar-refractivity contribution in [2.45, 2.75) is 40.8 Å². The summed E-state index contributed by atoms with van der Waals surface area (Å²) in [5, 5.41) is 6.17. The highest BCUT2D eigenvalue weighted by Gasteiger charge is 2.21. The van der Waals surface area contributed by atoms with Gasteiger partial charge in [0.15, 0.2) is 0 Å². The highest BCUT2D eigenvalue weighted by molar-refractivity contribution is 6.14. The van der Waals surface area contributed by atoms with Crippen LogP contribution in [0.1, 0.15) is 56.1 Å². The third kappa shape index (κ3) is 5.40. The first-order valence-corrected chi connectivity index (χ1v) is 11.9. The molecule has 0 aromatic heterocycles. The number of nitrogens with zero attached hydrogens (tertiary/aromatic N) is 1. The van der Waals surface area contributed by atoms with Gasteiger partial charge < -0.3 is 5.32 Å². The summed E-state index contributed by atoms with van der Waals surface area (Å²) in [6, 6.07) is 33.9. The van der Waals surface area contributed by atoms with Crippen LogP contribution < -0.4 is 5.32 Å². The molecule has 2 nitrogen and oxygen atoms in total. The summed E-state index contributed by atoms with van der Waals surface area (Å²) in [6.07, 6.45) is 2.05. The van der Waals surface area contributed by atoms with E-state index in [9.17, 15) is 0 Å². The van der Waals surface area contributed by atoms with Gasteiger partial charge in [0.05, 0.1) is 5.71 Å². The van der Waals surface area contributed by atoms with Gasteiger partial charge in [0, 0.05) is 11.3 Å². The molecule has 0 bridgehead atoms. The van der Waals surface area contributed by atoms with Crippen LogP contribution in [0.2, 0.25) is 0 Å². The Morgan fingerprint density at radius 1 is 0.667 bits per heavy atom. The number of hydrogen-bond acceptors (Lipinski definition) is 2. The van der Waals surface area contributed by atoms with Crippen molar-refractivity contribution in [2.24, 2.45) is 4.99 Å². The summed E-state index contributed by atoms with van der Waals surface area (Å²) < 4.78 is 0. The lowest BCUT2D eigenvalue weighted by Gasteiger charge is -2.26. The molecule has 2 heteroatoms. The number of benzene rings is 4. The molecule has 33 heavy (non-hydrogen) atoms. The first-order chi connectivity index (χ1) is 16.3. The van der Waals surface area contributed by atoms with Gasteiger partial charge in [0.2, 0.25) is 0 Å². The third-order valence-electron chi connectivity index (χ3n) is 5.47. The highest BCUT2D eigenvalue weighted by atomic mass is 15.1. The molecule has 5 rings (SSSR count). The summed E-state index contributed by atoms with van der Waals surface area (Å²) in [6.45, 7) is 10.1. The van der Waals surface area contributed by atoms with Gasteiger partial charge in [-0.2, -0.15) is 0 Å². The maximum absolute atomic E-state index is 5.07. The standard InChI is InChI=1S/C27H22N2.2C2H6/c1-19-10-5-7-15-22(19)27-28-25(21-12-3-2-4-13-21)18-26(29-27)24-17-9-14-20-11-6-8-16-23(20)24;2*1-2/h2-18,27,29H,1H3;2*1-2H3. The van der Waals surface area contributed by atoms with Crippen LogP contribution in [-0.2, 0) is 0 Å². The van der Waals surface area contributed by atoms with Gasteiger partial charge >= 0.3 is 0 Å². The topological polar surface area (TPSA) is 24.4 Å². The number of allylic oxidation sites excluding steroid dienone is 1. The second-order valence-electron chi connectivity index (χ2n) is 7.37. The van der Waals surface area contributed by atoms with E-state index < -0.39 is 0 Å². The molecule has 1 heterocycles. The molecule has 0 amide bonds. The van der Waals surface area contributed by atoms with E-state index in [2.05, 4.69) is 109 Å². The van der Waals surface area contributed by atoms with Crippen molar-refractivity contribution in [1.82, 2.24) is 5.32 Å². The first kappa shape index (κ1) is 24.0. The molecule has 0 saturated carbocycles. The van der Waals surface area contributed by atoms with E-state index >= 15 is 0 Å². The van der Waals surface area contributed by atoms with Crippen LogP contribution >= 0.6 is 0 Å².